The van der Waals surface area contributed by atoms with Crippen molar-refractivity contribution in [3.05, 3.63) is 30.1 Å². The maximum Gasteiger partial charge on any atom is 0.165 e. The first-order valence-corrected chi connectivity index (χ1v) is 7.46. The molecule has 1 heterocycles. The minimum absolute atomic E-state index is 0.269. The maximum absolute atomic E-state index is 13.3. The molecule has 0 saturated carbocycles. The molecule has 3 heteroatoms. The van der Waals surface area contributed by atoms with E-state index in [2.05, 4.69) is 4.90 Å². The average Bonchev–Trinajstić information content (AvgIpc) is 2.69. The van der Waals surface area contributed by atoms with Crippen LogP contribution in [0, 0.1) is 5.82 Å². The summed E-state index contributed by atoms with van der Waals surface area (Å²) in [6.45, 7) is 4.25. The van der Waals surface area contributed by atoms with E-state index in [0.717, 1.165) is 19.4 Å². The van der Waals surface area contributed by atoms with Crippen molar-refractivity contribution in [2.45, 2.75) is 38.5 Å². The molecule has 0 aromatic heterocycles. The van der Waals surface area contributed by atoms with E-state index < -0.39 is 0 Å². The lowest BCUT2D eigenvalue weighted by Gasteiger charge is -2.19. The Hall–Kier alpha value is -1.09. The number of hydrogen-bond donors (Lipinski definition) is 0. The Bertz CT molecular complexity index is 362. The van der Waals surface area contributed by atoms with Crippen LogP contribution in [-0.4, -0.2) is 31.1 Å². The van der Waals surface area contributed by atoms with E-state index >= 15 is 0 Å². The number of hydrogen-bond acceptors (Lipinski definition) is 2. The quantitative estimate of drug-likeness (QED) is 0.724. The molecule has 1 saturated heterocycles. The molecule has 0 atom stereocenters. The molecule has 1 aliphatic rings. The SMILES string of the molecule is Fc1ccccc1OCCCCN1CCCCCC1. The topological polar surface area (TPSA) is 12.5 Å². The van der Waals surface area contributed by atoms with E-state index in [1.54, 1.807) is 18.2 Å². The van der Waals surface area contributed by atoms with Crippen LogP contribution in [0.5, 0.6) is 5.75 Å². The summed E-state index contributed by atoms with van der Waals surface area (Å²) in [5.41, 5.74) is 0. The normalized spacial score (nSPS) is 17.1. The molecular weight excluding hydrogens is 241 g/mol. The lowest BCUT2D eigenvalue weighted by atomic mass is 10.2. The molecule has 1 aromatic rings. The lowest BCUT2D eigenvalue weighted by molar-refractivity contribution is 0.252. The number of unbranched alkanes of at least 4 members (excludes halogenated alkanes) is 1. The van der Waals surface area contributed by atoms with Gasteiger partial charge in [0.25, 0.3) is 0 Å². The summed E-state index contributed by atoms with van der Waals surface area (Å²) in [5, 5.41) is 0. The molecule has 0 aliphatic carbocycles. The van der Waals surface area contributed by atoms with Crippen LogP contribution in [0.25, 0.3) is 0 Å². The van der Waals surface area contributed by atoms with Gasteiger partial charge in [0.15, 0.2) is 11.6 Å². The van der Waals surface area contributed by atoms with Crippen molar-refractivity contribution in [3.63, 3.8) is 0 Å². The Balaban J connectivity index is 1.58. The molecule has 2 rings (SSSR count). The molecule has 0 bridgehead atoms. The molecule has 0 spiro atoms. The molecule has 1 fully saturated rings. The summed E-state index contributed by atoms with van der Waals surface area (Å²) in [7, 11) is 0. The van der Waals surface area contributed by atoms with Crippen molar-refractivity contribution >= 4 is 0 Å². The first-order chi connectivity index (χ1) is 9.36. The lowest BCUT2D eigenvalue weighted by Crippen LogP contribution is -2.25. The Kier molecular flexibility index (Phi) is 6.15. The number of nitrogens with zero attached hydrogens (tertiary/aromatic N) is 1. The summed E-state index contributed by atoms with van der Waals surface area (Å²) in [6.07, 6.45) is 7.57. The molecule has 0 amide bonds. The van der Waals surface area contributed by atoms with Gasteiger partial charge in [-0.25, -0.2) is 4.39 Å². The zero-order valence-corrected chi connectivity index (χ0v) is 11.6. The van der Waals surface area contributed by atoms with Gasteiger partial charge >= 0.3 is 0 Å². The zero-order valence-electron chi connectivity index (χ0n) is 11.6. The molecule has 1 aliphatic heterocycles. The monoisotopic (exact) mass is 265 g/mol. The molecule has 0 radical (unpaired) electrons. The third-order valence-electron chi connectivity index (χ3n) is 3.66. The zero-order chi connectivity index (χ0) is 13.3. The number of halogens is 1. The molecule has 1 aromatic carbocycles. The summed E-state index contributed by atoms with van der Waals surface area (Å²) < 4.78 is 18.8. The fourth-order valence-corrected chi connectivity index (χ4v) is 2.54. The fraction of sp³-hybridized carbons (Fsp3) is 0.625. The number of para-hydroxylation sites is 1. The van der Waals surface area contributed by atoms with E-state index in [-0.39, 0.29) is 5.82 Å². The smallest absolute Gasteiger partial charge is 0.165 e. The largest absolute Gasteiger partial charge is 0.491 e. The number of ether oxygens (including phenoxy) is 1. The van der Waals surface area contributed by atoms with Crippen LogP contribution in [0.1, 0.15) is 38.5 Å². The highest BCUT2D eigenvalue weighted by atomic mass is 19.1. The fourth-order valence-electron chi connectivity index (χ4n) is 2.54. The van der Waals surface area contributed by atoms with Crippen LogP contribution in [0.15, 0.2) is 24.3 Å². The summed E-state index contributed by atoms with van der Waals surface area (Å²) in [5.74, 6) is 0.104. The van der Waals surface area contributed by atoms with E-state index in [0.29, 0.717) is 12.4 Å². The van der Waals surface area contributed by atoms with Gasteiger partial charge in [-0.1, -0.05) is 25.0 Å². The third kappa shape index (κ3) is 5.19. The highest BCUT2D eigenvalue weighted by molar-refractivity contribution is 5.23. The summed E-state index contributed by atoms with van der Waals surface area (Å²) in [4.78, 5) is 2.55. The minimum Gasteiger partial charge on any atom is -0.491 e. The number of likely N-dealkylation sites (tertiary alicyclic amines) is 1. The van der Waals surface area contributed by atoms with Gasteiger partial charge < -0.3 is 9.64 Å². The Morgan fingerprint density at radius 2 is 1.74 bits per heavy atom. The Morgan fingerprint density at radius 3 is 2.47 bits per heavy atom. The van der Waals surface area contributed by atoms with Crippen LogP contribution in [0.3, 0.4) is 0 Å². The maximum atomic E-state index is 13.3. The highest BCUT2D eigenvalue weighted by Crippen LogP contribution is 2.16. The Labute approximate surface area is 115 Å². The number of rotatable bonds is 6. The van der Waals surface area contributed by atoms with Crippen molar-refractivity contribution < 1.29 is 9.13 Å². The van der Waals surface area contributed by atoms with Crippen molar-refractivity contribution in [1.29, 1.82) is 0 Å². The van der Waals surface area contributed by atoms with Crippen molar-refractivity contribution in [1.82, 2.24) is 4.90 Å². The van der Waals surface area contributed by atoms with Crippen LogP contribution in [0.4, 0.5) is 4.39 Å². The minimum atomic E-state index is -0.269. The van der Waals surface area contributed by atoms with Gasteiger partial charge in [0, 0.05) is 0 Å². The molecule has 2 nitrogen and oxygen atoms in total. The van der Waals surface area contributed by atoms with E-state index in [9.17, 15) is 4.39 Å². The second-order valence-corrected chi connectivity index (χ2v) is 5.24. The second-order valence-electron chi connectivity index (χ2n) is 5.24. The molecule has 106 valence electrons. The van der Waals surface area contributed by atoms with E-state index in [1.165, 1.54) is 44.8 Å². The third-order valence-corrected chi connectivity index (χ3v) is 3.66. The van der Waals surface area contributed by atoms with Crippen molar-refractivity contribution in [2.75, 3.05) is 26.2 Å². The van der Waals surface area contributed by atoms with Gasteiger partial charge in [-0.05, 0) is 57.5 Å². The highest BCUT2D eigenvalue weighted by Gasteiger charge is 2.08. The van der Waals surface area contributed by atoms with Crippen LogP contribution in [-0.2, 0) is 0 Å². The van der Waals surface area contributed by atoms with Crippen LogP contribution >= 0.6 is 0 Å². The van der Waals surface area contributed by atoms with Crippen molar-refractivity contribution in [2.24, 2.45) is 0 Å². The number of benzene rings is 1. The standard InChI is InChI=1S/C16H24FNO/c17-15-9-3-4-10-16(15)19-14-8-7-13-18-11-5-1-2-6-12-18/h3-4,9-10H,1-2,5-8,11-14H2. The summed E-state index contributed by atoms with van der Waals surface area (Å²) in [6, 6.07) is 6.61. The van der Waals surface area contributed by atoms with Gasteiger partial charge in [0.2, 0.25) is 0 Å². The van der Waals surface area contributed by atoms with Gasteiger partial charge in [-0.15, -0.1) is 0 Å². The van der Waals surface area contributed by atoms with Crippen LogP contribution in [0.2, 0.25) is 0 Å². The first kappa shape index (κ1) is 14.3. The average molecular weight is 265 g/mol. The first-order valence-electron chi connectivity index (χ1n) is 7.46. The van der Waals surface area contributed by atoms with Gasteiger partial charge in [-0.3, -0.25) is 0 Å². The molecule has 0 N–H and O–H groups in total. The molecule has 19 heavy (non-hydrogen) atoms. The molecule has 0 unspecified atom stereocenters. The summed E-state index contributed by atoms with van der Waals surface area (Å²) >= 11 is 0. The predicted molar refractivity (Wildman–Crippen MR) is 76.0 cm³/mol. The molecular formula is C16H24FNO. The van der Waals surface area contributed by atoms with Crippen molar-refractivity contribution in [3.8, 4) is 5.75 Å². The second kappa shape index (κ2) is 8.16. The Morgan fingerprint density at radius 1 is 1.00 bits per heavy atom. The van der Waals surface area contributed by atoms with Gasteiger partial charge in [0.1, 0.15) is 0 Å². The van der Waals surface area contributed by atoms with Gasteiger partial charge in [0.05, 0.1) is 6.61 Å². The predicted octanol–water partition coefficient (Wildman–Crippen LogP) is 3.86. The van der Waals surface area contributed by atoms with E-state index in [4.69, 9.17) is 4.74 Å². The van der Waals surface area contributed by atoms with Gasteiger partial charge in [-0.2, -0.15) is 0 Å². The van der Waals surface area contributed by atoms with Crippen LogP contribution < -0.4 is 4.74 Å². The van der Waals surface area contributed by atoms with E-state index in [1.807, 2.05) is 0 Å².